The van der Waals surface area contributed by atoms with E-state index in [2.05, 4.69) is 44.5 Å². The van der Waals surface area contributed by atoms with Crippen molar-refractivity contribution in [2.75, 3.05) is 5.32 Å². The van der Waals surface area contributed by atoms with Gasteiger partial charge in [0, 0.05) is 68.0 Å². The molecule has 0 fully saturated rings. The van der Waals surface area contributed by atoms with Crippen molar-refractivity contribution < 1.29 is 4.79 Å². The molecule has 1 aromatic carbocycles. The highest BCUT2D eigenvalue weighted by atomic mass is 16.1. The van der Waals surface area contributed by atoms with Crippen molar-refractivity contribution in [2.24, 2.45) is 7.05 Å². The van der Waals surface area contributed by atoms with Gasteiger partial charge in [0.1, 0.15) is 12.4 Å². The Hall–Kier alpha value is -3.62. The molecule has 4 aromatic rings. The second-order valence-electron chi connectivity index (χ2n) is 8.48. The average molecular weight is 433 g/mol. The van der Waals surface area contributed by atoms with Gasteiger partial charge in [0.2, 0.25) is 5.91 Å². The van der Waals surface area contributed by atoms with Gasteiger partial charge in [0.05, 0.1) is 17.2 Å². The SMILES string of the molecule is C[C@H]1CCc2c(ccc3c2nc(CCn2cccn2)n3CC(=O)NCc2cnn(C)c2)N1. The monoisotopic (exact) mass is 432 g/mol. The Morgan fingerprint density at radius 2 is 2.22 bits per heavy atom. The van der Waals surface area contributed by atoms with Gasteiger partial charge < -0.3 is 15.2 Å². The third kappa shape index (κ3) is 4.10. The molecule has 2 N–H and O–H groups in total. The quantitative estimate of drug-likeness (QED) is 0.467. The first-order valence-electron chi connectivity index (χ1n) is 11.1. The van der Waals surface area contributed by atoms with E-state index in [9.17, 15) is 4.79 Å². The van der Waals surface area contributed by atoms with E-state index >= 15 is 0 Å². The van der Waals surface area contributed by atoms with Crippen LogP contribution in [0, 0.1) is 0 Å². The van der Waals surface area contributed by atoms with Crippen LogP contribution in [0.3, 0.4) is 0 Å². The van der Waals surface area contributed by atoms with E-state index in [1.807, 2.05) is 30.2 Å². The van der Waals surface area contributed by atoms with Crippen LogP contribution in [0.25, 0.3) is 11.0 Å². The molecule has 1 aliphatic rings. The smallest absolute Gasteiger partial charge is 0.240 e. The van der Waals surface area contributed by atoms with Gasteiger partial charge in [-0.1, -0.05) is 0 Å². The molecule has 0 saturated carbocycles. The van der Waals surface area contributed by atoms with Crippen LogP contribution in [-0.2, 0) is 44.3 Å². The maximum atomic E-state index is 12.8. The highest BCUT2D eigenvalue weighted by Gasteiger charge is 2.22. The first-order valence-corrected chi connectivity index (χ1v) is 11.1. The number of rotatable bonds is 7. The number of benzene rings is 1. The zero-order valence-electron chi connectivity index (χ0n) is 18.5. The van der Waals surface area contributed by atoms with Crippen molar-refractivity contribution in [1.29, 1.82) is 0 Å². The topological polar surface area (TPSA) is 94.6 Å². The van der Waals surface area contributed by atoms with Crippen LogP contribution in [-0.4, -0.2) is 41.1 Å². The van der Waals surface area contributed by atoms with Crippen LogP contribution < -0.4 is 10.6 Å². The Bertz CT molecular complexity index is 1240. The summed E-state index contributed by atoms with van der Waals surface area (Å²) in [5.41, 5.74) is 5.38. The molecule has 1 atom stereocenters. The predicted molar refractivity (Wildman–Crippen MR) is 122 cm³/mol. The zero-order valence-corrected chi connectivity index (χ0v) is 18.5. The summed E-state index contributed by atoms with van der Waals surface area (Å²) in [5, 5.41) is 15.0. The molecule has 9 heteroatoms. The van der Waals surface area contributed by atoms with Gasteiger partial charge in [-0.25, -0.2) is 4.98 Å². The van der Waals surface area contributed by atoms with Crippen molar-refractivity contribution in [3.63, 3.8) is 0 Å². The van der Waals surface area contributed by atoms with Gasteiger partial charge in [-0.2, -0.15) is 10.2 Å². The van der Waals surface area contributed by atoms with Crippen molar-refractivity contribution in [2.45, 2.75) is 51.9 Å². The molecular formula is C23H28N8O. The maximum Gasteiger partial charge on any atom is 0.240 e. The van der Waals surface area contributed by atoms with Crippen LogP contribution in [0.5, 0.6) is 0 Å². The first-order chi connectivity index (χ1) is 15.6. The number of nitrogens with one attached hydrogen (secondary N) is 2. The Balaban J connectivity index is 1.42. The fourth-order valence-electron chi connectivity index (χ4n) is 4.36. The number of carbonyl (C=O) groups is 1. The van der Waals surface area contributed by atoms with Crippen molar-refractivity contribution in [1.82, 2.24) is 34.4 Å². The fourth-order valence-corrected chi connectivity index (χ4v) is 4.36. The zero-order chi connectivity index (χ0) is 22.1. The molecule has 0 aliphatic carbocycles. The summed E-state index contributed by atoms with van der Waals surface area (Å²) in [6, 6.07) is 6.58. The number of anilines is 1. The van der Waals surface area contributed by atoms with Gasteiger partial charge in [-0.05, 0) is 38.0 Å². The minimum atomic E-state index is -0.0436. The molecule has 32 heavy (non-hydrogen) atoms. The van der Waals surface area contributed by atoms with Crippen molar-refractivity contribution in [3.8, 4) is 0 Å². The third-order valence-electron chi connectivity index (χ3n) is 6.01. The molecular weight excluding hydrogens is 404 g/mol. The molecule has 0 spiro atoms. The number of imidazole rings is 1. The molecule has 1 amide bonds. The van der Waals surface area contributed by atoms with E-state index in [1.54, 1.807) is 17.1 Å². The number of hydrogen-bond acceptors (Lipinski definition) is 5. The lowest BCUT2D eigenvalue weighted by Crippen LogP contribution is -2.28. The molecule has 3 aromatic heterocycles. The number of fused-ring (bicyclic) bond motifs is 3. The summed E-state index contributed by atoms with van der Waals surface area (Å²) in [4.78, 5) is 17.8. The maximum absolute atomic E-state index is 12.8. The largest absolute Gasteiger partial charge is 0.382 e. The van der Waals surface area contributed by atoms with Crippen LogP contribution in [0.2, 0.25) is 0 Å². The number of aromatic nitrogens is 6. The number of aryl methyl sites for hydroxylation is 4. The van der Waals surface area contributed by atoms with E-state index in [-0.39, 0.29) is 12.5 Å². The normalized spacial score (nSPS) is 15.5. The first kappa shape index (κ1) is 20.3. The van der Waals surface area contributed by atoms with Gasteiger partial charge in [-0.15, -0.1) is 0 Å². The lowest BCUT2D eigenvalue weighted by atomic mass is 9.98. The van der Waals surface area contributed by atoms with Crippen molar-refractivity contribution in [3.05, 3.63) is 59.9 Å². The Morgan fingerprint density at radius 3 is 3.00 bits per heavy atom. The Labute approximate surface area is 186 Å². The molecule has 1 aliphatic heterocycles. The number of amides is 1. The van der Waals surface area contributed by atoms with Gasteiger partial charge in [0.25, 0.3) is 0 Å². The Kier molecular flexibility index (Phi) is 5.38. The second-order valence-corrected chi connectivity index (χ2v) is 8.48. The lowest BCUT2D eigenvalue weighted by molar-refractivity contribution is -0.121. The van der Waals surface area contributed by atoms with Gasteiger partial charge >= 0.3 is 0 Å². The second kappa shape index (κ2) is 8.49. The summed E-state index contributed by atoms with van der Waals surface area (Å²) in [6.07, 6.45) is 10.2. The van der Waals surface area contributed by atoms with Gasteiger partial charge in [0.15, 0.2) is 0 Å². The molecule has 5 rings (SSSR count). The average Bonchev–Trinajstić information content (AvgIpc) is 3.51. The molecule has 0 saturated heterocycles. The number of nitrogens with zero attached hydrogens (tertiary/aromatic N) is 6. The molecule has 9 nitrogen and oxygen atoms in total. The fraction of sp³-hybridized carbons (Fsp3) is 0.391. The molecule has 0 unspecified atom stereocenters. The minimum absolute atomic E-state index is 0.0436. The third-order valence-corrected chi connectivity index (χ3v) is 6.01. The summed E-state index contributed by atoms with van der Waals surface area (Å²) < 4.78 is 5.68. The summed E-state index contributed by atoms with van der Waals surface area (Å²) in [6.45, 7) is 3.60. The standard InChI is InChI=1S/C23H28N8O/c1-16-4-5-18-19(27-16)6-7-20-23(18)28-21(8-11-30-10-3-9-25-30)31(20)15-22(32)24-12-17-13-26-29(2)14-17/h3,6-7,9-10,13-14,16,27H,4-5,8,11-12,15H2,1-2H3,(H,24,32)/t16-/m0/s1. The summed E-state index contributed by atoms with van der Waals surface area (Å²) in [5.74, 6) is 0.858. The number of hydrogen-bond donors (Lipinski definition) is 2. The van der Waals surface area contributed by atoms with E-state index < -0.39 is 0 Å². The minimum Gasteiger partial charge on any atom is -0.382 e. The van der Waals surface area contributed by atoms with Crippen molar-refractivity contribution >= 4 is 22.6 Å². The predicted octanol–water partition coefficient (Wildman–Crippen LogP) is 2.27. The van der Waals surface area contributed by atoms with E-state index in [1.165, 1.54) is 5.56 Å². The van der Waals surface area contributed by atoms with E-state index in [4.69, 9.17) is 4.98 Å². The molecule has 4 heterocycles. The Morgan fingerprint density at radius 1 is 1.31 bits per heavy atom. The molecule has 0 radical (unpaired) electrons. The number of carbonyl (C=O) groups excluding carboxylic acids is 1. The molecule has 0 bridgehead atoms. The highest BCUT2D eigenvalue weighted by Crippen LogP contribution is 2.32. The van der Waals surface area contributed by atoms with E-state index in [0.29, 0.717) is 25.6 Å². The van der Waals surface area contributed by atoms with Crippen LogP contribution in [0.15, 0.2) is 43.0 Å². The summed E-state index contributed by atoms with van der Waals surface area (Å²) in [7, 11) is 1.87. The molecule has 166 valence electrons. The lowest BCUT2D eigenvalue weighted by Gasteiger charge is -2.24. The van der Waals surface area contributed by atoms with Crippen LogP contribution in [0.1, 0.15) is 30.3 Å². The van der Waals surface area contributed by atoms with Gasteiger partial charge in [-0.3, -0.25) is 14.2 Å². The highest BCUT2D eigenvalue weighted by molar-refractivity contribution is 5.87. The van der Waals surface area contributed by atoms with Crippen LogP contribution >= 0.6 is 0 Å². The van der Waals surface area contributed by atoms with E-state index in [0.717, 1.165) is 41.0 Å². The summed E-state index contributed by atoms with van der Waals surface area (Å²) >= 11 is 0. The van der Waals surface area contributed by atoms with Crippen LogP contribution in [0.4, 0.5) is 5.69 Å².